The van der Waals surface area contributed by atoms with Crippen molar-refractivity contribution < 1.29 is 9.13 Å². The van der Waals surface area contributed by atoms with Gasteiger partial charge >= 0.3 is 0 Å². The molecule has 2 aromatic rings. The number of nitro groups is 1. The van der Waals surface area contributed by atoms with Crippen LogP contribution in [0.25, 0.3) is 0 Å². The summed E-state index contributed by atoms with van der Waals surface area (Å²) >= 11 is 15.5. The number of nitrogens with zero attached hydrogens (tertiary/aromatic N) is 2. The first-order valence-corrected chi connectivity index (χ1v) is 9.63. The van der Waals surface area contributed by atoms with Gasteiger partial charge in [0, 0.05) is 11.1 Å². The zero-order chi connectivity index (χ0) is 19.1. The number of hydrogen-bond donors (Lipinski definition) is 1. The van der Waals surface area contributed by atoms with Crippen LogP contribution in [0.4, 0.5) is 5.69 Å². The first-order chi connectivity index (χ1) is 12.4. The van der Waals surface area contributed by atoms with Crippen molar-refractivity contribution in [3.05, 3.63) is 96.8 Å². The highest BCUT2D eigenvalue weighted by atomic mass is 35.5. The third kappa shape index (κ3) is 5.60. The molecule has 0 fully saturated rings. The molecule has 0 spiro atoms. The minimum Gasteiger partial charge on any atom is -0.283 e. The first-order valence-electron chi connectivity index (χ1n) is 7.26. The van der Waals surface area contributed by atoms with Crippen LogP contribution < -0.4 is 4.31 Å². The van der Waals surface area contributed by atoms with Gasteiger partial charge in [-0.25, -0.2) is 4.21 Å². The first kappa shape index (κ1) is 20.5. The van der Waals surface area contributed by atoms with E-state index in [2.05, 4.69) is 12.6 Å². The highest BCUT2D eigenvalue weighted by Gasteiger charge is 2.19. The van der Waals surface area contributed by atoms with E-state index in [1.54, 1.807) is 28.6 Å². The number of rotatable bonds is 7. The lowest BCUT2D eigenvalue weighted by Gasteiger charge is -2.23. The Kier molecular flexibility index (Phi) is 7.71. The van der Waals surface area contributed by atoms with E-state index in [1.807, 2.05) is 30.3 Å². The van der Waals surface area contributed by atoms with Crippen molar-refractivity contribution >= 4 is 52.5 Å². The van der Waals surface area contributed by atoms with Crippen molar-refractivity contribution in [2.24, 2.45) is 0 Å². The van der Waals surface area contributed by atoms with Crippen LogP contribution >= 0.6 is 35.8 Å². The normalized spacial score (nSPS) is 13.3. The van der Waals surface area contributed by atoms with Gasteiger partial charge < -0.3 is 0 Å². The topological polar surface area (TPSA) is 63.5 Å². The van der Waals surface area contributed by atoms with E-state index < -0.39 is 21.6 Å². The molecule has 2 rings (SSSR count). The number of anilines is 1. The van der Waals surface area contributed by atoms with Crippen molar-refractivity contribution in [3.63, 3.8) is 0 Å². The molecular formula is C17H14Cl2N2O3S2. The van der Waals surface area contributed by atoms with Gasteiger partial charge in [0.05, 0.1) is 26.9 Å². The molecule has 1 atom stereocenters. The maximum absolute atomic E-state index is 13.0. The number of benzene rings is 2. The molecule has 0 aromatic heterocycles. The highest BCUT2D eigenvalue weighted by molar-refractivity contribution is 8.07. The van der Waals surface area contributed by atoms with Gasteiger partial charge in [0.1, 0.15) is 0 Å². The number of halogens is 2. The Hall–Kier alpha value is -1.80. The monoisotopic (exact) mass is 428 g/mol. The molecule has 0 aliphatic heterocycles. The molecule has 26 heavy (non-hydrogen) atoms. The van der Waals surface area contributed by atoms with E-state index in [0.29, 0.717) is 17.3 Å². The van der Waals surface area contributed by atoms with E-state index in [1.165, 1.54) is 0 Å². The van der Waals surface area contributed by atoms with Gasteiger partial charge in [0.25, 0.3) is 5.70 Å². The summed E-state index contributed by atoms with van der Waals surface area (Å²) in [6.07, 6.45) is 1.07. The number of hydrogen-bond acceptors (Lipinski definition) is 4. The predicted molar refractivity (Wildman–Crippen MR) is 110 cm³/mol. The van der Waals surface area contributed by atoms with Gasteiger partial charge in [-0.3, -0.25) is 14.4 Å². The summed E-state index contributed by atoms with van der Waals surface area (Å²) < 4.78 is 14.5. The minimum absolute atomic E-state index is 0.000480. The van der Waals surface area contributed by atoms with Gasteiger partial charge in [-0.2, -0.15) is 0 Å². The zero-order valence-electron chi connectivity index (χ0n) is 13.3. The molecule has 9 heteroatoms. The molecule has 0 bridgehead atoms. The van der Waals surface area contributed by atoms with Crippen LogP contribution in [0.2, 0.25) is 5.02 Å². The van der Waals surface area contributed by atoms with Crippen LogP contribution in [0.15, 0.2) is 76.1 Å². The average molecular weight is 429 g/mol. The fraction of sp³-hybridized carbons (Fsp3) is 0.0588. The van der Waals surface area contributed by atoms with E-state index in [0.717, 1.165) is 17.2 Å². The molecule has 0 amide bonds. The number of allylic oxidation sites excluding steroid dienone is 1. The Morgan fingerprint density at radius 2 is 1.81 bits per heavy atom. The average Bonchev–Trinajstić information content (AvgIpc) is 2.64. The molecule has 136 valence electrons. The predicted octanol–water partition coefficient (Wildman–Crippen LogP) is 5.14. The Morgan fingerprint density at radius 3 is 2.35 bits per heavy atom. The van der Waals surface area contributed by atoms with E-state index in [-0.39, 0.29) is 4.24 Å². The lowest BCUT2D eigenvalue weighted by Crippen LogP contribution is -2.25. The van der Waals surface area contributed by atoms with Crippen LogP contribution in [0.3, 0.4) is 0 Å². The third-order valence-corrected chi connectivity index (χ3v) is 5.55. The molecule has 1 unspecified atom stereocenters. The van der Waals surface area contributed by atoms with Crippen molar-refractivity contribution in [1.82, 2.24) is 0 Å². The Labute approximate surface area is 169 Å². The smallest absolute Gasteiger partial charge is 0.282 e. The summed E-state index contributed by atoms with van der Waals surface area (Å²) in [6.45, 7) is 0.311. The molecule has 0 aliphatic carbocycles. The molecular weight excluding hydrogens is 415 g/mol. The SMILES string of the molecule is O=[N+]([O-])C(=C\Cl)/C=C(\S)S(=O)N(Cc1ccccc1)c1ccc(Cl)cc1. The zero-order valence-corrected chi connectivity index (χ0v) is 16.5. The minimum atomic E-state index is -1.79. The van der Waals surface area contributed by atoms with E-state index >= 15 is 0 Å². The lowest BCUT2D eigenvalue weighted by molar-refractivity contribution is -0.418. The molecule has 5 nitrogen and oxygen atoms in total. The van der Waals surface area contributed by atoms with Gasteiger partial charge in [-0.15, -0.1) is 12.6 Å². The summed E-state index contributed by atoms with van der Waals surface area (Å²) in [5, 5.41) is 11.4. The summed E-state index contributed by atoms with van der Waals surface area (Å²) in [4.78, 5) is 10.2. The van der Waals surface area contributed by atoms with Crippen LogP contribution in [0, 0.1) is 10.1 Å². The molecule has 0 saturated carbocycles. The second-order valence-corrected chi connectivity index (χ2v) is 7.84. The van der Waals surface area contributed by atoms with Crippen molar-refractivity contribution in [3.8, 4) is 0 Å². The highest BCUT2D eigenvalue weighted by Crippen LogP contribution is 2.26. The van der Waals surface area contributed by atoms with Gasteiger partial charge in [-0.05, 0) is 29.8 Å². The quantitative estimate of drug-likeness (QED) is 0.287. The van der Waals surface area contributed by atoms with Crippen molar-refractivity contribution in [2.75, 3.05) is 4.31 Å². The van der Waals surface area contributed by atoms with Crippen LogP contribution in [-0.2, 0) is 17.5 Å². The maximum Gasteiger partial charge on any atom is 0.282 e. The Bertz CT molecular complexity index is 856. The van der Waals surface area contributed by atoms with Crippen molar-refractivity contribution in [2.45, 2.75) is 6.54 Å². The standard InChI is InChI=1S/C17H14Cl2N2O3S2/c18-11-16(21(22)23)10-17(25)26(24)20(12-13-4-2-1-3-5-13)15-8-6-14(19)7-9-15/h1-11,25H,12H2/b16-11-,17-10+. The lowest BCUT2D eigenvalue weighted by atomic mass is 10.2. The Morgan fingerprint density at radius 1 is 1.19 bits per heavy atom. The van der Waals surface area contributed by atoms with Crippen LogP contribution in [-0.4, -0.2) is 9.13 Å². The van der Waals surface area contributed by atoms with Gasteiger partial charge in [0.15, 0.2) is 11.0 Å². The van der Waals surface area contributed by atoms with E-state index in [4.69, 9.17) is 23.2 Å². The molecule has 0 saturated heterocycles. The van der Waals surface area contributed by atoms with Crippen LogP contribution in [0.5, 0.6) is 0 Å². The number of thiol groups is 1. The molecule has 2 aromatic carbocycles. The third-order valence-electron chi connectivity index (χ3n) is 3.26. The van der Waals surface area contributed by atoms with Crippen LogP contribution in [0.1, 0.15) is 5.56 Å². The summed E-state index contributed by atoms with van der Waals surface area (Å²) in [5.41, 5.74) is 1.95. The molecule has 0 heterocycles. The van der Waals surface area contributed by atoms with Gasteiger partial charge in [-0.1, -0.05) is 53.5 Å². The fourth-order valence-electron chi connectivity index (χ4n) is 2.02. The van der Waals surface area contributed by atoms with Crippen molar-refractivity contribution in [1.29, 1.82) is 0 Å². The summed E-state index contributed by atoms with van der Waals surface area (Å²) in [6, 6.07) is 16.2. The molecule has 0 aliphatic rings. The maximum atomic E-state index is 13.0. The molecule has 0 N–H and O–H groups in total. The fourth-order valence-corrected chi connectivity index (χ4v) is 3.74. The Balaban J connectivity index is 2.39. The van der Waals surface area contributed by atoms with E-state index in [9.17, 15) is 14.3 Å². The second-order valence-electron chi connectivity index (χ2n) is 5.02. The second kappa shape index (κ2) is 9.78. The van der Waals surface area contributed by atoms with Gasteiger partial charge in [0.2, 0.25) is 0 Å². The summed E-state index contributed by atoms with van der Waals surface area (Å²) in [7, 11) is -1.79. The largest absolute Gasteiger partial charge is 0.283 e. The summed E-state index contributed by atoms with van der Waals surface area (Å²) in [5.74, 6) is 0. The molecule has 0 radical (unpaired) electrons.